The fraction of sp³-hybridized carbons (Fsp3) is 0.667. The lowest BCUT2D eigenvalue weighted by Gasteiger charge is -2.30. The molecule has 0 bridgehead atoms. The van der Waals surface area contributed by atoms with Crippen LogP contribution in [0.2, 0.25) is 19.6 Å². The molecule has 0 N–H and O–H groups in total. The van der Waals surface area contributed by atoms with Crippen molar-refractivity contribution in [2.24, 2.45) is 11.8 Å². The van der Waals surface area contributed by atoms with Crippen LogP contribution < -0.4 is 0 Å². The molecule has 0 radical (unpaired) electrons. The van der Waals surface area contributed by atoms with Crippen molar-refractivity contribution in [1.29, 1.82) is 0 Å². The minimum absolute atomic E-state index is 0.430. The molecular formula is C12H18O5Si. The molecule has 0 amide bonds. The van der Waals surface area contributed by atoms with Gasteiger partial charge in [-0.3, -0.25) is 9.59 Å². The lowest BCUT2D eigenvalue weighted by Crippen LogP contribution is -2.37. The largest absolute Gasteiger partial charge is 0.547 e. The minimum atomic E-state index is -1.73. The third-order valence-electron chi connectivity index (χ3n) is 3.04. The summed E-state index contributed by atoms with van der Waals surface area (Å²) in [5, 5.41) is 0. The number of hydrogen-bond donors (Lipinski definition) is 0. The van der Waals surface area contributed by atoms with Crippen molar-refractivity contribution >= 4 is 20.3 Å². The molecule has 0 saturated carbocycles. The molecule has 2 aliphatic rings. The van der Waals surface area contributed by atoms with Crippen LogP contribution >= 0.6 is 0 Å². The van der Waals surface area contributed by atoms with Gasteiger partial charge in [0.25, 0.3) is 0 Å². The number of methoxy groups -OCH3 is 1. The minimum Gasteiger partial charge on any atom is -0.547 e. The van der Waals surface area contributed by atoms with Gasteiger partial charge < -0.3 is 13.9 Å². The topological polar surface area (TPSA) is 61.8 Å². The van der Waals surface area contributed by atoms with Gasteiger partial charge in [-0.2, -0.15) is 0 Å². The maximum absolute atomic E-state index is 11.6. The van der Waals surface area contributed by atoms with Gasteiger partial charge in [0, 0.05) is 13.5 Å². The molecule has 5 nitrogen and oxygen atoms in total. The number of ether oxygens (including phenoxy) is 2. The summed E-state index contributed by atoms with van der Waals surface area (Å²) in [4.78, 5) is 23.2. The highest BCUT2D eigenvalue weighted by molar-refractivity contribution is 6.70. The standard InChI is InChI=1S/C12H18O5Si/c1-15-9-6-7(17-18(2,3)4)5-8-10(9)12(14)16-11(8)13/h6,8-10H,5H2,1-4H3/t8-,9+,10-/m1/s1. The SMILES string of the molecule is CO[C@H]1C=C(O[Si](C)(C)C)C[C@H]2C(=O)OC(=O)[C@@H]12. The molecule has 0 aromatic heterocycles. The number of allylic oxidation sites excluding steroid dienone is 1. The molecule has 1 saturated heterocycles. The van der Waals surface area contributed by atoms with E-state index in [9.17, 15) is 9.59 Å². The summed E-state index contributed by atoms with van der Waals surface area (Å²) in [6.45, 7) is 6.21. The zero-order valence-corrected chi connectivity index (χ0v) is 12.1. The van der Waals surface area contributed by atoms with E-state index in [0.717, 1.165) is 5.76 Å². The van der Waals surface area contributed by atoms with Crippen LogP contribution in [0, 0.1) is 11.8 Å². The van der Waals surface area contributed by atoms with Crippen LogP contribution in [0.5, 0.6) is 0 Å². The number of esters is 2. The van der Waals surface area contributed by atoms with E-state index in [1.807, 2.05) is 0 Å². The fourth-order valence-corrected chi connectivity index (χ4v) is 3.32. The summed E-state index contributed by atoms with van der Waals surface area (Å²) in [6, 6.07) is 0. The Morgan fingerprint density at radius 1 is 1.28 bits per heavy atom. The Kier molecular flexibility index (Phi) is 3.33. The van der Waals surface area contributed by atoms with E-state index in [1.54, 1.807) is 6.08 Å². The van der Waals surface area contributed by atoms with Gasteiger partial charge in [-0.1, -0.05) is 0 Å². The smallest absolute Gasteiger partial charge is 0.320 e. The van der Waals surface area contributed by atoms with Gasteiger partial charge >= 0.3 is 11.9 Å². The summed E-state index contributed by atoms with van der Waals surface area (Å²) < 4.78 is 15.9. The first-order valence-electron chi connectivity index (χ1n) is 6.00. The van der Waals surface area contributed by atoms with Crippen LogP contribution in [-0.4, -0.2) is 33.5 Å². The van der Waals surface area contributed by atoms with Crippen molar-refractivity contribution in [3.63, 3.8) is 0 Å². The molecule has 1 aliphatic heterocycles. The van der Waals surface area contributed by atoms with E-state index >= 15 is 0 Å². The zero-order chi connectivity index (χ0) is 13.5. The zero-order valence-electron chi connectivity index (χ0n) is 11.1. The second kappa shape index (κ2) is 4.51. The molecule has 0 aromatic carbocycles. The Hall–Kier alpha value is -1.14. The lowest BCUT2D eigenvalue weighted by molar-refractivity contribution is -0.154. The van der Waals surface area contributed by atoms with Gasteiger partial charge in [0.1, 0.15) is 5.92 Å². The molecule has 0 unspecified atom stereocenters. The van der Waals surface area contributed by atoms with E-state index in [-0.39, 0.29) is 0 Å². The van der Waals surface area contributed by atoms with Gasteiger partial charge in [0.15, 0.2) is 0 Å². The maximum atomic E-state index is 11.6. The second-order valence-electron chi connectivity index (χ2n) is 5.62. The number of rotatable bonds is 3. The Morgan fingerprint density at radius 2 is 1.94 bits per heavy atom. The number of carbonyl (C=O) groups is 2. The second-order valence-corrected chi connectivity index (χ2v) is 10.1. The predicted molar refractivity (Wildman–Crippen MR) is 66.0 cm³/mol. The van der Waals surface area contributed by atoms with E-state index in [4.69, 9.17) is 9.16 Å². The van der Waals surface area contributed by atoms with Gasteiger partial charge in [0.05, 0.1) is 17.8 Å². The van der Waals surface area contributed by atoms with Crippen molar-refractivity contribution in [3.8, 4) is 0 Å². The van der Waals surface area contributed by atoms with Crippen LogP contribution in [0.25, 0.3) is 0 Å². The first-order valence-corrected chi connectivity index (χ1v) is 9.40. The van der Waals surface area contributed by atoms with Crippen molar-refractivity contribution < 1.29 is 23.5 Å². The summed E-state index contributed by atoms with van der Waals surface area (Å²) in [5.74, 6) is -1.18. The molecule has 0 spiro atoms. The van der Waals surface area contributed by atoms with Crippen LogP contribution in [0.4, 0.5) is 0 Å². The van der Waals surface area contributed by atoms with Gasteiger partial charge in [0.2, 0.25) is 8.32 Å². The van der Waals surface area contributed by atoms with Crippen LogP contribution in [0.3, 0.4) is 0 Å². The van der Waals surface area contributed by atoms with E-state index < -0.39 is 38.2 Å². The van der Waals surface area contributed by atoms with E-state index in [0.29, 0.717) is 6.42 Å². The highest BCUT2D eigenvalue weighted by Crippen LogP contribution is 2.38. The third kappa shape index (κ3) is 2.49. The molecule has 2 rings (SSSR count). The summed E-state index contributed by atoms with van der Waals surface area (Å²) in [7, 11) is -0.211. The maximum Gasteiger partial charge on any atom is 0.320 e. The van der Waals surface area contributed by atoms with Gasteiger partial charge in [-0.25, -0.2) is 0 Å². The summed E-state index contributed by atoms with van der Waals surface area (Å²) >= 11 is 0. The monoisotopic (exact) mass is 270 g/mol. The van der Waals surface area contributed by atoms with Crippen molar-refractivity contribution in [3.05, 3.63) is 11.8 Å². The Labute approximate surface area is 107 Å². The van der Waals surface area contributed by atoms with Gasteiger partial charge in [-0.15, -0.1) is 0 Å². The first kappa shape index (κ1) is 13.3. The third-order valence-corrected chi connectivity index (χ3v) is 3.92. The number of fused-ring (bicyclic) bond motifs is 1. The molecule has 1 fully saturated rings. The number of cyclic esters (lactones) is 2. The molecular weight excluding hydrogens is 252 g/mol. The predicted octanol–water partition coefficient (Wildman–Crippen LogP) is 1.46. The van der Waals surface area contributed by atoms with Crippen molar-refractivity contribution in [1.82, 2.24) is 0 Å². The van der Waals surface area contributed by atoms with Crippen LogP contribution in [0.1, 0.15) is 6.42 Å². The van der Waals surface area contributed by atoms with Gasteiger partial charge in [-0.05, 0) is 25.7 Å². The molecule has 100 valence electrons. The molecule has 6 heteroatoms. The Morgan fingerprint density at radius 3 is 2.50 bits per heavy atom. The first-order chi connectivity index (χ1) is 8.31. The van der Waals surface area contributed by atoms with Crippen molar-refractivity contribution in [2.75, 3.05) is 7.11 Å². The quantitative estimate of drug-likeness (QED) is 0.441. The van der Waals surface area contributed by atoms with Crippen LogP contribution in [-0.2, 0) is 23.5 Å². The molecule has 3 atom stereocenters. The fourth-order valence-electron chi connectivity index (χ4n) is 2.38. The summed E-state index contributed by atoms with van der Waals surface area (Å²) in [5.41, 5.74) is 0. The Balaban J connectivity index is 2.24. The van der Waals surface area contributed by atoms with E-state index in [2.05, 4.69) is 24.4 Å². The average molecular weight is 270 g/mol. The summed E-state index contributed by atoms with van der Waals surface area (Å²) in [6.07, 6.45) is 1.80. The molecule has 18 heavy (non-hydrogen) atoms. The Bertz CT molecular complexity index is 409. The highest BCUT2D eigenvalue weighted by Gasteiger charge is 2.51. The molecule has 1 aliphatic carbocycles. The van der Waals surface area contributed by atoms with E-state index in [1.165, 1.54) is 7.11 Å². The number of carbonyl (C=O) groups excluding carboxylic acids is 2. The highest BCUT2D eigenvalue weighted by atomic mass is 28.4. The van der Waals surface area contributed by atoms with Crippen LogP contribution in [0.15, 0.2) is 11.8 Å². The lowest BCUT2D eigenvalue weighted by atomic mass is 9.82. The number of hydrogen-bond acceptors (Lipinski definition) is 5. The molecule has 0 aromatic rings. The van der Waals surface area contributed by atoms with Crippen molar-refractivity contribution in [2.45, 2.75) is 32.2 Å². The molecule has 1 heterocycles. The average Bonchev–Trinajstić information content (AvgIpc) is 2.51. The normalized spacial score (nSPS) is 31.8.